The van der Waals surface area contributed by atoms with Crippen LogP contribution in [0.25, 0.3) is 0 Å². The second-order valence-corrected chi connectivity index (χ2v) is 5.30. The number of anilines is 1. The summed E-state index contributed by atoms with van der Waals surface area (Å²) in [6.07, 6.45) is 0.944. The van der Waals surface area contributed by atoms with Gasteiger partial charge in [-0.3, -0.25) is 4.79 Å². The van der Waals surface area contributed by atoms with Crippen LogP contribution in [0.5, 0.6) is 0 Å². The van der Waals surface area contributed by atoms with Gasteiger partial charge in [-0.05, 0) is 30.5 Å². The summed E-state index contributed by atoms with van der Waals surface area (Å²) in [5, 5.41) is 13.2. The predicted octanol–water partition coefficient (Wildman–Crippen LogP) is 1.37. The second kappa shape index (κ2) is 5.67. The third-order valence-electron chi connectivity index (χ3n) is 3.61. The number of fused-ring (bicyclic) bond motifs is 1. The van der Waals surface area contributed by atoms with E-state index in [0.29, 0.717) is 24.5 Å². The molecule has 1 saturated heterocycles. The van der Waals surface area contributed by atoms with Gasteiger partial charge in [-0.2, -0.15) is 0 Å². The molecule has 1 fully saturated rings. The lowest BCUT2D eigenvalue weighted by Gasteiger charge is -2.21. The Kier molecular flexibility index (Phi) is 4.36. The molecule has 0 aliphatic carbocycles. The molecule has 0 radical (unpaired) electrons. The second-order valence-electron chi connectivity index (χ2n) is 4.86. The first-order chi connectivity index (χ1) is 8.65. The Morgan fingerprint density at radius 2 is 2.26 bits per heavy atom. The van der Waals surface area contributed by atoms with Gasteiger partial charge in [0, 0.05) is 23.8 Å². The van der Waals surface area contributed by atoms with Crippen LogP contribution in [0.1, 0.15) is 12.0 Å². The van der Waals surface area contributed by atoms with Crippen LogP contribution in [0, 0.1) is 0 Å². The van der Waals surface area contributed by atoms with Crippen LogP contribution >= 0.6 is 24.0 Å². The van der Waals surface area contributed by atoms with Gasteiger partial charge < -0.3 is 15.3 Å². The maximum atomic E-state index is 12.4. The smallest absolute Gasteiger partial charge is 0.244 e. The van der Waals surface area contributed by atoms with Crippen LogP contribution in [0.15, 0.2) is 18.2 Å². The number of benzene rings is 1. The number of nitrogens with one attached hydrogen (secondary N) is 1. The lowest BCUT2D eigenvalue weighted by Crippen LogP contribution is -2.42. The number of carbonyl (C=O) groups is 1. The molecule has 19 heavy (non-hydrogen) atoms. The Balaban J connectivity index is 0.00000133. The third kappa shape index (κ3) is 2.72. The van der Waals surface area contributed by atoms with Crippen LogP contribution in [0.2, 0.25) is 5.02 Å². The van der Waals surface area contributed by atoms with E-state index in [2.05, 4.69) is 5.32 Å². The number of aliphatic hydroxyl groups is 1. The first kappa shape index (κ1) is 14.6. The van der Waals surface area contributed by atoms with E-state index >= 15 is 0 Å². The molecule has 1 amide bonds. The maximum Gasteiger partial charge on any atom is 0.244 e. The molecule has 2 N–H and O–H groups in total. The highest BCUT2D eigenvalue weighted by atomic mass is 35.5. The number of hydrogen-bond acceptors (Lipinski definition) is 3. The normalized spacial score (nSPS) is 25.1. The summed E-state index contributed by atoms with van der Waals surface area (Å²) in [6.45, 7) is 1.19. The Hall–Kier alpha value is -0.810. The topological polar surface area (TPSA) is 52.6 Å². The molecule has 0 aromatic heterocycles. The number of hydrogen-bond donors (Lipinski definition) is 2. The molecule has 0 spiro atoms. The number of halogens is 2. The average molecular weight is 303 g/mol. The van der Waals surface area contributed by atoms with Crippen molar-refractivity contribution in [1.29, 1.82) is 0 Å². The first-order valence-electron chi connectivity index (χ1n) is 6.16. The molecular weight excluding hydrogens is 287 g/mol. The Morgan fingerprint density at radius 3 is 2.95 bits per heavy atom. The lowest BCUT2D eigenvalue weighted by atomic mass is 10.1. The highest BCUT2D eigenvalue weighted by Crippen LogP contribution is 2.31. The molecule has 2 atom stereocenters. The molecule has 104 valence electrons. The summed E-state index contributed by atoms with van der Waals surface area (Å²) in [5.74, 6) is 0.0348. The third-order valence-corrected chi connectivity index (χ3v) is 3.85. The van der Waals surface area contributed by atoms with Crippen LogP contribution in [0.4, 0.5) is 5.69 Å². The van der Waals surface area contributed by atoms with E-state index in [1.807, 2.05) is 18.2 Å². The summed E-state index contributed by atoms with van der Waals surface area (Å²) in [6, 6.07) is 5.39. The zero-order valence-electron chi connectivity index (χ0n) is 10.3. The summed E-state index contributed by atoms with van der Waals surface area (Å²) < 4.78 is 0. The molecule has 6 heteroatoms. The minimum atomic E-state index is -0.416. The minimum absolute atomic E-state index is 0. The fourth-order valence-electron chi connectivity index (χ4n) is 2.67. The van der Waals surface area contributed by atoms with E-state index in [-0.39, 0.29) is 24.4 Å². The van der Waals surface area contributed by atoms with Crippen molar-refractivity contribution in [3.8, 4) is 0 Å². The van der Waals surface area contributed by atoms with E-state index in [9.17, 15) is 9.90 Å². The van der Waals surface area contributed by atoms with Gasteiger partial charge in [0.25, 0.3) is 0 Å². The highest BCUT2D eigenvalue weighted by molar-refractivity contribution is 6.31. The molecule has 2 unspecified atom stereocenters. The van der Waals surface area contributed by atoms with Crippen molar-refractivity contribution >= 4 is 35.6 Å². The van der Waals surface area contributed by atoms with Gasteiger partial charge >= 0.3 is 0 Å². The Bertz CT molecular complexity index is 496. The Labute approximate surface area is 123 Å². The lowest BCUT2D eigenvalue weighted by molar-refractivity contribution is -0.120. The van der Waals surface area contributed by atoms with Gasteiger partial charge in [-0.1, -0.05) is 17.7 Å². The predicted molar refractivity (Wildman–Crippen MR) is 77.2 cm³/mol. The number of β-amino-alcohol motifs (C(OH)–C–C–N with tert-alkyl or cyclic N) is 1. The zero-order valence-corrected chi connectivity index (χ0v) is 11.9. The number of rotatable bonds is 1. The quantitative estimate of drug-likeness (QED) is 0.824. The highest BCUT2D eigenvalue weighted by Gasteiger charge is 2.34. The molecule has 1 aromatic carbocycles. The van der Waals surface area contributed by atoms with Crippen molar-refractivity contribution in [2.24, 2.45) is 0 Å². The molecule has 2 heterocycles. The van der Waals surface area contributed by atoms with Gasteiger partial charge in [-0.25, -0.2) is 0 Å². The fraction of sp³-hybridized carbons (Fsp3) is 0.462. The van der Waals surface area contributed by atoms with Gasteiger partial charge in [0.05, 0.1) is 12.1 Å². The molecule has 2 aliphatic heterocycles. The maximum absolute atomic E-state index is 12.4. The molecule has 3 rings (SSSR count). The van der Waals surface area contributed by atoms with Crippen molar-refractivity contribution in [3.05, 3.63) is 28.8 Å². The summed E-state index contributed by atoms with van der Waals surface area (Å²) in [4.78, 5) is 14.2. The van der Waals surface area contributed by atoms with Crippen molar-refractivity contribution < 1.29 is 9.90 Å². The molecule has 0 saturated carbocycles. The Morgan fingerprint density at radius 1 is 1.47 bits per heavy atom. The van der Waals surface area contributed by atoms with E-state index < -0.39 is 6.10 Å². The largest absolute Gasteiger partial charge is 0.392 e. The fourth-order valence-corrected chi connectivity index (χ4v) is 2.84. The van der Waals surface area contributed by atoms with Gasteiger partial charge in [0.1, 0.15) is 0 Å². The van der Waals surface area contributed by atoms with Crippen LogP contribution in [-0.4, -0.2) is 36.2 Å². The molecule has 0 bridgehead atoms. The van der Waals surface area contributed by atoms with E-state index in [0.717, 1.165) is 17.7 Å². The minimum Gasteiger partial charge on any atom is -0.392 e. The van der Waals surface area contributed by atoms with Crippen LogP contribution < -0.4 is 10.2 Å². The van der Waals surface area contributed by atoms with Gasteiger partial charge in [0.15, 0.2) is 0 Å². The van der Waals surface area contributed by atoms with Crippen molar-refractivity contribution in [3.63, 3.8) is 0 Å². The monoisotopic (exact) mass is 302 g/mol. The van der Waals surface area contributed by atoms with Crippen LogP contribution in [-0.2, 0) is 11.2 Å². The van der Waals surface area contributed by atoms with Gasteiger partial charge in [-0.15, -0.1) is 12.4 Å². The number of aliphatic hydroxyl groups excluding tert-OH is 1. The van der Waals surface area contributed by atoms with E-state index in [1.54, 1.807) is 4.90 Å². The first-order valence-corrected chi connectivity index (χ1v) is 6.54. The van der Waals surface area contributed by atoms with E-state index in [4.69, 9.17) is 11.6 Å². The number of nitrogens with zero attached hydrogens (tertiary/aromatic N) is 1. The van der Waals surface area contributed by atoms with Crippen molar-refractivity contribution in [1.82, 2.24) is 5.32 Å². The summed E-state index contributed by atoms with van der Waals surface area (Å²) in [5.41, 5.74) is 2.07. The number of carbonyl (C=O) groups excluding carboxylic acids is 1. The molecular formula is C13H16Cl2N2O2. The van der Waals surface area contributed by atoms with Gasteiger partial charge in [0.2, 0.25) is 5.91 Å². The zero-order chi connectivity index (χ0) is 12.7. The van der Waals surface area contributed by atoms with Crippen molar-refractivity contribution in [2.45, 2.75) is 25.0 Å². The average Bonchev–Trinajstić information content (AvgIpc) is 2.94. The molecule has 2 aliphatic rings. The SMILES string of the molecule is Cl.O=C(C1CC(O)CN1)N1CCc2ccc(Cl)cc21. The molecule has 4 nitrogen and oxygen atoms in total. The number of amides is 1. The standard InChI is InChI=1S/C13H15ClN2O2.ClH/c14-9-2-1-8-3-4-16(12(8)5-9)13(18)11-6-10(17)7-15-11;/h1-2,5,10-11,15,17H,3-4,6-7H2;1H. The molecule has 1 aromatic rings. The summed E-state index contributed by atoms with van der Waals surface area (Å²) >= 11 is 5.98. The van der Waals surface area contributed by atoms with E-state index in [1.165, 1.54) is 0 Å². The van der Waals surface area contributed by atoms with Crippen molar-refractivity contribution in [2.75, 3.05) is 18.0 Å². The van der Waals surface area contributed by atoms with Crippen LogP contribution in [0.3, 0.4) is 0 Å². The summed E-state index contributed by atoms with van der Waals surface area (Å²) in [7, 11) is 0.